The Morgan fingerprint density at radius 2 is 1.88 bits per heavy atom. The number of ether oxygens (including phenoxy) is 1. The number of rotatable bonds is 3. The van der Waals surface area contributed by atoms with Gasteiger partial charge in [0.1, 0.15) is 10.7 Å². The smallest absolute Gasteiger partial charge is 0.246 e. The first-order valence-corrected chi connectivity index (χ1v) is 9.92. The summed E-state index contributed by atoms with van der Waals surface area (Å²) >= 11 is 0. The van der Waals surface area contributed by atoms with Crippen LogP contribution in [0.2, 0.25) is 0 Å². The number of morpholine rings is 1. The highest BCUT2D eigenvalue weighted by Crippen LogP contribution is 2.26. The van der Waals surface area contributed by atoms with Crippen molar-refractivity contribution in [3.8, 4) is 0 Å². The van der Waals surface area contributed by atoms with Crippen LogP contribution in [0, 0.1) is 5.82 Å². The lowest BCUT2D eigenvalue weighted by molar-refractivity contribution is 0.122. The average molecular weight is 378 g/mol. The van der Waals surface area contributed by atoms with Gasteiger partial charge in [0.15, 0.2) is 0 Å². The maximum Gasteiger partial charge on any atom is 0.246 e. The van der Waals surface area contributed by atoms with Crippen molar-refractivity contribution in [3.05, 3.63) is 47.5 Å². The summed E-state index contributed by atoms with van der Waals surface area (Å²) in [7, 11) is -3.91. The van der Waals surface area contributed by atoms with Crippen molar-refractivity contribution in [3.63, 3.8) is 0 Å². The van der Waals surface area contributed by atoms with Gasteiger partial charge >= 0.3 is 0 Å². The molecule has 9 heteroatoms. The Kier molecular flexibility index (Phi) is 4.60. The van der Waals surface area contributed by atoms with Crippen LogP contribution in [0.25, 0.3) is 0 Å². The summed E-state index contributed by atoms with van der Waals surface area (Å²) in [6.07, 6.45) is 2.27. The van der Waals surface area contributed by atoms with Crippen LogP contribution >= 0.6 is 0 Å². The normalized spacial score (nSPS) is 18.6. The first-order valence-electron chi connectivity index (χ1n) is 8.48. The molecule has 26 heavy (non-hydrogen) atoms. The molecule has 2 aromatic rings. The Bertz CT molecular complexity index is 916. The molecule has 1 aromatic carbocycles. The lowest BCUT2D eigenvalue weighted by Crippen LogP contribution is -2.39. The predicted octanol–water partition coefficient (Wildman–Crippen LogP) is 1.20. The first kappa shape index (κ1) is 17.3. The first-order chi connectivity index (χ1) is 12.6. The molecule has 2 aliphatic rings. The van der Waals surface area contributed by atoms with Crippen molar-refractivity contribution in [2.75, 3.05) is 37.7 Å². The van der Waals surface area contributed by atoms with Gasteiger partial charge in [-0.15, -0.1) is 0 Å². The number of hydrogen-bond donors (Lipinski definition) is 0. The molecular weight excluding hydrogens is 359 g/mol. The molecule has 2 aliphatic heterocycles. The fourth-order valence-corrected chi connectivity index (χ4v) is 4.65. The van der Waals surface area contributed by atoms with Gasteiger partial charge in [-0.2, -0.15) is 4.31 Å². The molecule has 0 saturated carbocycles. The standard InChI is InChI=1S/C17H19FN4O3S/c18-14-3-1-2-4-16(14)26(23,24)22-6-5-13-11-19-17(20-15(13)12-22)21-7-9-25-10-8-21/h1-4,11H,5-10,12H2. The Morgan fingerprint density at radius 3 is 2.65 bits per heavy atom. The summed E-state index contributed by atoms with van der Waals surface area (Å²) in [5.74, 6) is -0.160. The topological polar surface area (TPSA) is 75.6 Å². The molecule has 1 aromatic heterocycles. The van der Waals surface area contributed by atoms with Crippen molar-refractivity contribution in [2.45, 2.75) is 17.9 Å². The van der Waals surface area contributed by atoms with Crippen molar-refractivity contribution in [1.29, 1.82) is 0 Å². The molecule has 0 radical (unpaired) electrons. The van der Waals surface area contributed by atoms with E-state index >= 15 is 0 Å². The van der Waals surface area contributed by atoms with Crippen LogP contribution in [0.15, 0.2) is 35.4 Å². The number of benzene rings is 1. The van der Waals surface area contributed by atoms with Gasteiger partial charge in [-0.1, -0.05) is 12.1 Å². The molecule has 138 valence electrons. The summed E-state index contributed by atoms with van der Waals surface area (Å²) in [4.78, 5) is 10.7. The number of hydrogen-bond acceptors (Lipinski definition) is 6. The second-order valence-electron chi connectivity index (χ2n) is 6.26. The third-order valence-electron chi connectivity index (χ3n) is 4.65. The Hall–Kier alpha value is -2.10. The Morgan fingerprint density at radius 1 is 1.12 bits per heavy atom. The predicted molar refractivity (Wildman–Crippen MR) is 92.8 cm³/mol. The molecule has 1 saturated heterocycles. The lowest BCUT2D eigenvalue weighted by Gasteiger charge is -2.30. The minimum Gasteiger partial charge on any atom is -0.378 e. The Labute approximate surface area is 151 Å². The monoisotopic (exact) mass is 378 g/mol. The molecule has 1 fully saturated rings. The highest BCUT2D eigenvalue weighted by Gasteiger charge is 2.31. The van der Waals surface area contributed by atoms with E-state index in [1.165, 1.54) is 22.5 Å². The zero-order valence-corrected chi connectivity index (χ0v) is 15.0. The number of sulfonamides is 1. The number of fused-ring (bicyclic) bond motifs is 1. The van der Waals surface area contributed by atoms with E-state index in [-0.39, 0.29) is 18.0 Å². The van der Waals surface area contributed by atoms with E-state index in [1.54, 1.807) is 6.20 Å². The van der Waals surface area contributed by atoms with Crippen molar-refractivity contribution in [1.82, 2.24) is 14.3 Å². The second kappa shape index (κ2) is 6.90. The van der Waals surface area contributed by atoms with Crippen LogP contribution in [-0.2, 0) is 27.7 Å². The highest BCUT2D eigenvalue weighted by atomic mass is 32.2. The fourth-order valence-electron chi connectivity index (χ4n) is 3.18. The quantitative estimate of drug-likeness (QED) is 0.799. The van der Waals surface area contributed by atoms with Crippen LogP contribution in [0.5, 0.6) is 0 Å². The van der Waals surface area contributed by atoms with E-state index in [2.05, 4.69) is 9.97 Å². The van der Waals surface area contributed by atoms with Gasteiger partial charge in [-0.05, 0) is 24.1 Å². The summed E-state index contributed by atoms with van der Waals surface area (Å²) in [5, 5.41) is 0. The maximum atomic E-state index is 14.0. The van der Waals surface area contributed by atoms with Crippen LogP contribution in [0.3, 0.4) is 0 Å². The highest BCUT2D eigenvalue weighted by molar-refractivity contribution is 7.89. The van der Waals surface area contributed by atoms with Crippen LogP contribution < -0.4 is 4.90 Å². The molecule has 0 N–H and O–H groups in total. The lowest BCUT2D eigenvalue weighted by atomic mass is 10.1. The second-order valence-corrected chi connectivity index (χ2v) is 8.17. The zero-order valence-electron chi connectivity index (χ0n) is 14.1. The van der Waals surface area contributed by atoms with Gasteiger partial charge < -0.3 is 9.64 Å². The SMILES string of the molecule is O=S(=O)(c1ccccc1F)N1CCc2cnc(N3CCOCC3)nc2C1. The van der Waals surface area contributed by atoms with Gasteiger partial charge in [0, 0.05) is 25.8 Å². The third-order valence-corrected chi connectivity index (χ3v) is 6.52. The molecule has 0 atom stereocenters. The maximum absolute atomic E-state index is 14.0. The molecule has 0 spiro atoms. The van der Waals surface area contributed by atoms with Gasteiger partial charge in [0.05, 0.1) is 25.5 Å². The molecular formula is C17H19FN4O3S. The minimum atomic E-state index is -3.91. The van der Waals surface area contributed by atoms with E-state index in [0.717, 1.165) is 11.6 Å². The number of halogens is 1. The van der Waals surface area contributed by atoms with E-state index in [9.17, 15) is 12.8 Å². The van der Waals surface area contributed by atoms with E-state index in [4.69, 9.17) is 4.74 Å². The zero-order chi connectivity index (χ0) is 18.1. The van der Waals surface area contributed by atoms with Gasteiger partial charge in [0.25, 0.3) is 0 Å². The summed E-state index contributed by atoms with van der Waals surface area (Å²) in [6.45, 7) is 3.05. The van der Waals surface area contributed by atoms with Crippen LogP contribution in [0.4, 0.5) is 10.3 Å². The van der Waals surface area contributed by atoms with E-state index in [1.807, 2.05) is 4.90 Å². The van der Waals surface area contributed by atoms with Gasteiger partial charge in [0.2, 0.25) is 16.0 Å². The molecule has 4 rings (SSSR count). The van der Waals surface area contributed by atoms with Crippen molar-refractivity contribution in [2.24, 2.45) is 0 Å². The largest absolute Gasteiger partial charge is 0.378 e. The minimum absolute atomic E-state index is 0.117. The molecule has 0 bridgehead atoms. The molecule has 0 amide bonds. The van der Waals surface area contributed by atoms with E-state index in [0.29, 0.717) is 44.4 Å². The molecule has 7 nitrogen and oxygen atoms in total. The van der Waals surface area contributed by atoms with E-state index < -0.39 is 15.8 Å². The summed E-state index contributed by atoms with van der Waals surface area (Å²) in [6, 6.07) is 5.44. The van der Waals surface area contributed by atoms with Crippen LogP contribution in [0.1, 0.15) is 11.3 Å². The number of nitrogens with zero attached hydrogens (tertiary/aromatic N) is 4. The molecule has 3 heterocycles. The molecule has 0 unspecified atom stereocenters. The van der Waals surface area contributed by atoms with Gasteiger partial charge in [-0.25, -0.2) is 22.8 Å². The van der Waals surface area contributed by atoms with Crippen molar-refractivity contribution >= 4 is 16.0 Å². The summed E-state index contributed by atoms with van der Waals surface area (Å²) in [5.41, 5.74) is 1.61. The fraction of sp³-hybridized carbons (Fsp3) is 0.412. The summed E-state index contributed by atoms with van der Waals surface area (Å²) < 4.78 is 46.3. The molecule has 0 aliphatic carbocycles. The third kappa shape index (κ3) is 3.17. The average Bonchev–Trinajstić information content (AvgIpc) is 2.68. The van der Waals surface area contributed by atoms with Gasteiger partial charge in [-0.3, -0.25) is 0 Å². The number of anilines is 1. The van der Waals surface area contributed by atoms with Crippen LogP contribution in [-0.4, -0.2) is 55.5 Å². The number of aromatic nitrogens is 2. The Balaban J connectivity index is 1.61. The van der Waals surface area contributed by atoms with Crippen molar-refractivity contribution < 1.29 is 17.5 Å².